The quantitative estimate of drug-likeness (QED) is 0.793. The summed E-state index contributed by atoms with van der Waals surface area (Å²) < 4.78 is 0. The Hall–Kier alpha value is -2.45. The molecule has 0 spiro atoms. The Morgan fingerprint density at radius 1 is 1.25 bits per heavy atom. The first-order chi connectivity index (χ1) is 11.5. The van der Waals surface area contributed by atoms with Crippen LogP contribution in [0.1, 0.15) is 11.1 Å². The molecule has 0 bridgehead atoms. The number of benzene rings is 1. The first-order valence-electron chi connectivity index (χ1n) is 6.49. The predicted molar refractivity (Wildman–Crippen MR) is 92.7 cm³/mol. The number of para-hydroxylation sites is 1. The van der Waals surface area contributed by atoms with Gasteiger partial charge in [0, 0.05) is 0 Å². The van der Waals surface area contributed by atoms with Crippen molar-refractivity contribution >= 4 is 52.4 Å². The zero-order valence-corrected chi connectivity index (χ0v) is 14.4. The van der Waals surface area contributed by atoms with Gasteiger partial charge in [0.25, 0.3) is 5.82 Å². The molecule has 2 aromatic rings. The minimum Gasteiger partial charge on any atom is -0.323 e. The molecular weight excluding hydrogens is 369 g/mol. The number of thioether (sulfide) groups is 1. The number of nitrogens with two attached hydrogens (primary N) is 1. The van der Waals surface area contributed by atoms with E-state index in [0.717, 1.165) is 11.8 Å². The Kier molecular flexibility index (Phi) is 5.88. The molecule has 0 aliphatic heterocycles. The number of aromatic amines is 1. The van der Waals surface area contributed by atoms with E-state index in [4.69, 9.17) is 39.5 Å². The summed E-state index contributed by atoms with van der Waals surface area (Å²) in [6.07, 6.45) is 0. The van der Waals surface area contributed by atoms with E-state index in [0.29, 0.717) is 20.8 Å². The van der Waals surface area contributed by atoms with E-state index >= 15 is 0 Å². The van der Waals surface area contributed by atoms with Gasteiger partial charge in [0.2, 0.25) is 5.91 Å². The van der Waals surface area contributed by atoms with Crippen molar-refractivity contribution in [2.24, 2.45) is 0 Å². The van der Waals surface area contributed by atoms with E-state index < -0.39 is 0 Å². The Bertz CT molecular complexity index is 868. The molecular formula is C15H10Cl2N5OS+. The number of anilines is 2. The highest BCUT2D eigenvalue weighted by Crippen LogP contribution is 2.30. The van der Waals surface area contributed by atoms with Gasteiger partial charge in [-0.1, -0.05) is 41.0 Å². The average Bonchev–Trinajstić information content (AvgIpc) is 2.56. The number of carbonyl (C=O) groups excluding carboxylic acids is 1. The molecule has 0 unspecified atom stereocenters. The summed E-state index contributed by atoms with van der Waals surface area (Å²) in [5.74, 6) is -0.221. The maximum Gasteiger partial charge on any atom is 0.289 e. The third kappa shape index (κ3) is 4.09. The van der Waals surface area contributed by atoms with Crippen molar-refractivity contribution in [3.8, 4) is 12.1 Å². The number of rotatable bonds is 4. The highest BCUT2D eigenvalue weighted by atomic mass is 35.5. The van der Waals surface area contributed by atoms with Crippen molar-refractivity contribution in [3.05, 3.63) is 45.4 Å². The first-order valence-corrected chi connectivity index (χ1v) is 8.23. The molecule has 0 saturated carbocycles. The SMILES string of the molecule is N#Cc1cc(C#N)c(SCC(=O)Nc2c(Cl)cccc2Cl)[nH+]c1N. The summed E-state index contributed by atoms with van der Waals surface area (Å²) in [6.45, 7) is 0. The van der Waals surface area contributed by atoms with Gasteiger partial charge in [-0.25, -0.2) is 4.98 Å². The van der Waals surface area contributed by atoms with Gasteiger partial charge in [0.1, 0.15) is 23.3 Å². The summed E-state index contributed by atoms with van der Waals surface area (Å²) in [5.41, 5.74) is 6.42. The highest BCUT2D eigenvalue weighted by molar-refractivity contribution is 7.99. The molecule has 0 aliphatic rings. The Morgan fingerprint density at radius 2 is 1.88 bits per heavy atom. The number of aromatic nitrogens is 1. The van der Waals surface area contributed by atoms with Crippen LogP contribution in [0.4, 0.5) is 11.5 Å². The molecule has 9 heteroatoms. The molecule has 6 nitrogen and oxygen atoms in total. The minimum atomic E-state index is -0.352. The van der Waals surface area contributed by atoms with Crippen LogP contribution in [0.25, 0.3) is 0 Å². The molecule has 1 aromatic heterocycles. The molecule has 1 heterocycles. The molecule has 2 rings (SSSR count). The van der Waals surface area contributed by atoms with E-state index in [2.05, 4.69) is 10.3 Å². The second kappa shape index (κ2) is 7.89. The molecule has 0 fully saturated rings. The maximum atomic E-state index is 12.1. The van der Waals surface area contributed by atoms with Gasteiger partial charge in [-0.05, 0) is 18.2 Å². The van der Waals surface area contributed by atoms with Crippen LogP contribution in [-0.2, 0) is 4.79 Å². The normalized spacial score (nSPS) is 9.83. The standard InChI is InChI=1S/C15H9Cl2N5OS/c16-10-2-1-3-11(17)13(10)21-12(23)7-24-15-9(6-19)4-8(5-18)14(20)22-15/h1-4H,7H2,(H2,20,22)(H,21,23)/p+1. The summed E-state index contributed by atoms with van der Waals surface area (Å²) >= 11 is 13.1. The number of nitrogens with one attached hydrogen (secondary N) is 2. The first kappa shape index (κ1) is 17.9. The van der Waals surface area contributed by atoms with Crippen molar-refractivity contribution < 1.29 is 9.78 Å². The Labute approximate surface area is 152 Å². The lowest BCUT2D eigenvalue weighted by atomic mass is 10.2. The van der Waals surface area contributed by atoms with Crippen LogP contribution in [0.3, 0.4) is 0 Å². The number of nitrogens with zero attached hydrogens (tertiary/aromatic N) is 2. The van der Waals surface area contributed by atoms with Crippen LogP contribution in [0.2, 0.25) is 10.0 Å². The Morgan fingerprint density at radius 3 is 2.46 bits per heavy atom. The van der Waals surface area contributed by atoms with E-state index in [1.807, 2.05) is 12.1 Å². The number of nitrogen functional groups attached to an aromatic ring is 1. The smallest absolute Gasteiger partial charge is 0.289 e. The molecule has 0 atom stereocenters. The lowest BCUT2D eigenvalue weighted by molar-refractivity contribution is -0.410. The second-order valence-corrected chi connectivity index (χ2v) is 6.30. The van der Waals surface area contributed by atoms with Gasteiger partial charge in [0.15, 0.2) is 5.03 Å². The van der Waals surface area contributed by atoms with Gasteiger partial charge < -0.3 is 5.32 Å². The van der Waals surface area contributed by atoms with E-state index in [-0.39, 0.29) is 28.6 Å². The van der Waals surface area contributed by atoms with Crippen LogP contribution < -0.4 is 16.0 Å². The topological polar surface area (TPSA) is 117 Å². The molecule has 4 N–H and O–H groups in total. The van der Waals surface area contributed by atoms with Gasteiger partial charge >= 0.3 is 0 Å². The maximum absolute atomic E-state index is 12.1. The molecule has 0 radical (unpaired) electrons. The van der Waals surface area contributed by atoms with E-state index in [1.54, 1.807) is 18.2 Å². The lowest BCUT2D eigenvalue weighted by Crippen LogP contribution is -2.20. The zero-order valence-electron chi connectivity index (χ0n) is 12.1. The van der Waals surface area contributed by atoms with Crippen molar-refractivity contribution in [1.29, 1.82) is 10.5 Å². The van der Waals surface area contributed by atoms with E-state index in [1.165, 1.54) is 6.07 Å². The summed E-state index contributed by atoms with van der Waals surface area (Å²) in [7, 11) is 0. The number of hydrogen-bond acceptors (Lipinski definition) is 5. The molecule has 1 amide bonds. The second-order valence-electron chi connectivity index (χ2n) is 4.50. The summed E-state index contributed by atoms with van der Waals surface area (Å²) in [6, 6.07) is 10.1. The van der Waals surface area contributed by atoms with Gasteiger partial charge in [-0.2, -0.15) is 10.5 Å². The van der Waals surface area contributed by atoms with Crippen molar-refractivity contribution in [3.63, 3.8) is 0 Å². The van der Waals surface area contributed by atoms with Gasteiger partial charge in [0.05, 0.1) is 21.5 Å². The minimum absolute atomic E-state index is 0.00191. The number of carbonyl (C=O) groups is 1. The number of hydrogen-bond donors (Lipinski definition) is 2. The number of pyridine rings is 1. The van der Waals surface area contributed by atoms with Crippen molar-refractivity contribution in [1.82, 2.24) is 0 Å². The average molecular weight is 379 g/mol. The highest BCUT2D eigenvalue weighted by Gasteiger charge is 2.16. The fourth-order valence-corrected chi connectivity index (χ4v) is 3.05. The fourth-order valence-electron chi connectivity index (χ4n) is 1.76. The van der Waals surface area contributed by atoms with Crippen molar-refractivity contribution in [2.75, 3.05) is 16.8 Å². The van der Waals surface area contributed by atoms with Crippen LogP contribution in [0.15, 0.2) is 29.3 Å². The molecule has 24 heavy (non-hydrogen) atoms. The number of halogens is 2. The monoisotopic (exact) mass is 378 g/mol. The number of H-pyrrole nitrogens is 1. The van der Waals surface area contributed by atoms with Gasteiger partial charge in [-0.3, -0.25) is 10.5 Å². The Balaban J connectivity index is 2.11. The molecule has 1 aromatic carbocycles. The molecule has 120 valence electrons. The number of nitriles is 2. The van der Waals surface area contributed by atoms with Gasteiger partial charge in [-0.15, -0.1) is 0 Å². The molecule has 0 aliphatic carbocycles. The van der Waals surface area contributed by atoms with Crippen LogP contribution in [-0.4, -0.2) is 11.7 Å². The third-order valence-electron chi connectivity index (χ3n) is 2.89. The fraction of sp³-hybridized carbons (Fsp3) is 0.0667. The lowest BCUT2D eigenvalue weighted by Gasteiger charge is -2.08. The number of amides is 1. The predicted octanol–water partition coefficient (Wildman–Crippen LogP) is 2.86. The van der Waals surface area contributed by atoms with Crippen LogP contribution in [0, 0.1) is 22.7 Å². The molecule has 0 saturated heterocycles. The largest absolute Gasteiger partial charge is 0.323 e. The van der Waals surface area contributed by atoms with Crippen LogP contribution >= 0.6 is 35.0 Å². The summed E-state index contributed by atoms with van der Waals surface area (Å²) in [5, 5.41) is 21.7. The summed E-state index contributed by atoms with van der Waals surface area (Å²) in [4.78, 5) is 14.8. The van der Waals surface area contributed by atoms with Crippen molar-refractivity contribution in [2.45, 2.75) is 5.03 Å². The van der Waals surface area contributed by atoms with Crippen LogP contribution in [0.5, 0.6) is 0 Å². The zero-order chi connectivity index (χ0) is 17.7. The van der Waals surface area contributed by atoms with E-state index in [9.17, 15) is 4.79 Å². The third-order valence-corrected chi connectivity index (χ3v) is 4.53.